The minimum absolute atomic E-state index is 0.0376. The monoisotopic (exact) mass is 334 g/mol. The van der Waals surface area contributed by atoms with E-state index in [-0.39, 0.29) is 24.5 Å². The minimum Gasteiger partial charge on any atom is -0.376 e. The van der Waals surface area contributed by atoms with Crippen molar-refractivity contribution in [1.82, 2.24) is 9.47 Å². The van der Waals surface area contributed by atoms with E-state index in [4.69, 9.17) is 4.74 Å². The summed E-state index contributed by atoms with van der Waals surface area (Å²) in [5.41, 5.74) is 4.11. The van der Waals surface area contributed by atoms with E-state index >= 15 is 0 Å². The Bertz CT molecular complexity index is 623. The van der Waals surface area contributed by atoms with E-state index in [1.54, 1.807) is 0 Å². The van der Waals surface area contributed by atoms with E-state index in [1.165, 1.54) is 0 Å². The zero-order valence-electron chi connectivity index (χ0n) is 15.3. The van der Waals surface area contributed by atoms with Crippen LogP contribution in [0.1, 0.15) is 54.5 Å². The summed E-state index contributed by atoms with van der Waals surface area (Å²) in [4.78, 5) is 15.6. The summed E-state index contributed by atoms with van der Waals surface area (Å²) in [7, 11) is 0. The van der Waals surface area contributed by atoms with Gasteiger partial charge in [0.25, 0.3) is 0 Å². The third-order valence-electron chi connectivity index (χ3n) is 6.07. The normalized spacial score (nSPS) is 28.2. The van der Waals surface area contributed by atoms with Gasteiger partial charge in [-0.1, -0.05) is 6.92 Å². The van der Waals surface area contributed by atoms with Crippen molar-refractivity contribution in [2.75, 3.05) is 19.7 Å². The average Bonchev–Trinajstić information content (AvgIpc) is 2.85. The van der Waals surface area contributed by atoms with E-state index in [0.717, 1.165) is 61.5 Å². The first-order valence-electron chi connectivity index (χ1n) is 9.21. The molecule has 134 valence electrons. The summed E-state index contributed by atoms with van der Waals surface area (Å²) in [6.45, 7) is 10.8. The van der Waals surface area contributed by atoms with Gasteiger partial charge in [-0.15, -0.1) is 0 Å². The lowest BCUT2D eigenvalue weighted by Crippen LogP contribution is -2.51. The fourth-order valence-electron chi connectivity index (χ4n) is 4.39. The van der Waals surface area contributed by atoms with Gasteiger partial charge in [0.2, 0.25) is 0 Å². The molecule has 2 heterocycles. The van der Waals surface area contributed by atoms with Gasteiger partial charge in [0, 0.05) is 42.0 Å². The molecule has 5 heteroatoms. The molecule has 1 aliphatic carbocycles. The lowest BCUT2D eigenvalue weighted by molar-refractivity contribution is -0.0590. The Morgan fingerprint density at radius 2 is 2.08 bits per heavy atom. The summed E-state index contributed by atoms with van der Waals surface area (Å²) in [5.74, 6) is 0.333. The van der Waals surface area contributed by atoms with Crippen LogP contribution in [0.5, 0.6) is 0 Å². The molecule has 5 nitrogen and oxygen atoms in total. The van der Waals surface area contributed by atoms with Gasteiger partial charge >= 0.3 is 0 Å². The number of carbonyl (C=O) groups is 1. The van der Waals surface area contributed by atoms with Crippen molar-refractivity contribution >= 4 is 5.78 Å². The van der Waals surface area contributed by atoms with Crippen LogP contribution in [-0.4, -0.2) is 52.2 Å². The molecule has 24 heavy (non-hydrogen) atoms. The molecular weight excluding hydrogens is 304 g/mol. The van der Waals surface area contributed by atoms with Crippen molar-refractivity contribution in [2.24, 2.45) is 5.92 Å². The molecule has 1 fully saturated rings. The van der Waals surface area contributed by atoms with Crippen LogP contribution in [0.4, 0.5) is 0 Å². The van der Waals surface area contributed by atoms with Crippen molar-refractivity contribution in [3.8, 4) is 0 Å². The first kappa shape index (κ1) is 17.6. The fourth-order valence-corrected chi connectivity index (χ4v) is 4.39. The van der Waals surface area contributed by atoms with E-state index < -0.39 is 0 Å². The van der Waals surface area contributed by atoms with Crippen molar-refractivity contribution < 1.29 is 14.6 Å². The van der Waals surface area contributed by atoms with Crippen LogP contribution in [0.3, 0.4) is 0 Å². The molecule has 0 spiro atoms. The highest BCUT2D eigenvalue weighted by molar-refractivity contribution is 6.02. The number of fused-ring (bicyclic) bond motifs is 1. The Kier molecular flexibility index (Phi) is 5.13. The predicted molar refractivity (Wildman–Crippen MR) is 93.4 cm³/mol. The largest absolute Gasteiger partial charge is 0.376 e. The summed E-state index contributed by atoms with van der Waals surface area (Å²) in [6, 6.07) is 0.349. The van der Waals surface area contributed by atoms with Crippen LogP contribution < -0.4 is 0 Å². The highest BCUT2D eigenvalue weighted by atomic mass is 16.5. The lowest BCUT2D eigenvalue weighted by Gasteiger charge is -2.40. The highest BCUT2D eigenvalue weighted by Crippen LogP contribution is 2.33. The van der Waals surface area contributed by atoms with Crippen molar-refractivity contribution in [3.63, 3.8) is 0 Å². The van der Waals surface area contributed by atoms with E-state index in [1.807, 2.05) is 11.5 Å². The molecule has 3 rings (SSSR count). The summed E-state index contributed by atoms with van der Waals surface area (Å²) in [6.07, 6.45) is 2.81. The molecule has 0 bridgehead atoms. The third kappa shape index (κ3) is 2.83. The quantitative estimate of drug-likeness (QED) is 0.917. The van der Waals surface area contributed by atoms with Gasteiger partial charge in [-0.05, 0) is 45.6 Å². The molecule has 1 aromatic heterocycles. The van der Waals surface area contributed by atoms with E-state index in [9.17, 15) is 9.90 Å². The topological polar surface area (TPSA) is 54.7 Å². The van der Waals surface area contributed by atoms with Gasteiger partial charge in [-0.3, -0.25) is 9.69 Å². The summed E-state index contributed by atoms with van der Waals surface area (Å²) >= 11 is 0. The number of morpholine rings is 1. The molecule has 1 saturated heterocycles. The molecule has 0 saturated carbocycles. The third-order valence-corrected chi connectivity index (χ3v) is 6.07. The van der Waals surface area contributed by atoms with Crippen LogP contribution in [0.15, 0.2) is 0 Å². The second kappa shape index (κ2) is 6.98. The Hall–Kier alpha value is -1.17. The smallest absolute Gasteiger partial charge is 0.169 e. The van der Waals surface area contributed by atoms with Crippen LogP contribution in [0, 0.1) is 12.8 Å². The molecular formula is C19H30N2O3. The molecule has 0 radical (unpaired) electrons. The van der Waals surface area contributed by atoms with Gasteiger partial charge in [-0.25, -0.2) is 0 Å². The maximum absolute atomic E-state index is 13.2. The maximum Gasteiger partial charge on any atom is 0.169 e. The summed E-state index contributed by atoms with van der Waals surface area (Å²) < 4.78 is 7.62. The zero-order chi connectivity index (χ0) is 17.4. The Balaban J connectivity index is 1.84. The van der Waals surface area contributed by atoms with Gasteiger partial charge in [-0.2, -0.15) is 0 Å². The number of aliphatic hydroxyl groups is 1. The fraction of sp³-hybridized carbons (Fsp3) is 0.737. The number of hydrogen-bond acceptors (Lipinski definition) is 4. The van der Waals surface area contributed by atoms with Gasteiger partial charge in [0.1, 0.15) is 6.73 Å². The number of ether oxygens (including phenoxy) is 1. The van der Waals surface area contributed by atoms with Gasteiger partial charge < -0.3 is 14.4 Å². The number of rotatable bonds is 4. The Morgan fingerprint density at radius 1 is 1.33 bits per heavy atom. The number of Topliss-reactive ketones (excluding diaryl/α,β-unsaturated/α-hetero) is 1. The van der Waals surface area contributed by atoms with E-state index in [2.05, 4.69) is 25.7 Å². The number of nitrogens with zero attached hydrogens (tertiary/aromatic N) is 2. The number of ketones is 1. The van der Waals surface area contributed by atoms with Gasteiger partial charge in [0.15, 0.2) is 5.78 Å². The van der Waals surface area contributed by atoms with Crippen LogP contribution in [0.2, 0.25) is 0 Å². The van der Waals surface area contributed by atoms with Crippen molar-refractivity contribution in [1.29, 1.82) is 0 Å². The Labute approximate surface area is 144 Å². The molecule has 0 aromatic carbocycles. The number of hydrogen-bond donors (Lipinski definition) is 1. The molecule has 1 N–H and O–H groups in total. The van der Waals surface area contributed by atoms with Crippen LogP contribution >= 0.6 is 0 Å². The van der Waals surface area contributed by atoms with Crippen molar-refractivity contribution in [2.45, 2.75) is 65.8 Å². The first-order valence-corrected chi connectivity index (χ1v) is 9.21. The number of aliphatic hydroxyl groups excluding tert-OH is 1. The molecule has 1 aliphatic heterocycles. The summed E-state index contributed by atoms with van der Waals surface area (Å²) in [5, 5.41) is 9.69. The zero-order valence-corrected chi connectivity index (χ0v) is 15.3. The van der Waals surface area contributed by atoms with E-state index in [0.29, 0.717) is 6.04 Å². The predicted octanol–water partition coefficient (Wildman–Crippen LogP) is 2.16. The van der Waals surface area contributed by atoms with Crippen LogP contribution in [-0.2, 0) is 24.3 Å². The molecule has 3 unspecified atom stereocenters. The average molecular weight is 334 g/mol. The second-order valence-corrected chi connectivity index (χ2v) is 7.22. The molecule has 1 aromatic rings. The second-order valence-electron chi connectivity index (χ2n) is 7.22. The standard InChI is InChI=1S/C19H30N2O3/c1-5-16-13(3)21(11-22)17-7-6-15(19(23)18(16)17)10-20-8-9-24-14(4)12(20)2/h12,14-15,22H,5-11H2,1-4H3. The highest BCUT2D eigenvalue weighted by Gasteiger charge is 2.36. The molecule has 3 atom stereocenters. The lowest BCUT2D eigenvalue weighted by atomic mass is 9.83. The van der Waals surface area contributed by atoms with Crippen molar-refractivity contribution in [3.05, 3.63) is 22.5 Å². The SMILES string of the molecule is CCc1c2c(n(CO)c1C)CCC(CN1CCOC(C)C1C)C2=O. The van der Waals surface area contributed by atoms with Crippen LogP contribution in [0.25, 0.3) is 0 Å². The number of carbonyl (C=O) groups excluding carboxylic acids is 1. The Morgan fingerprint density at radius 3 is 2.75 bits per heavy atom. The molecule has 0 amide bonds. The minimum atomic E-state index is -0.0376. The number of aromatic nitrogens is 1. The first-order chi connectivity index (χ1) is 11.5. The maximum atomic E-state index is 13.2. The van der Waals surface area contributed by atoms with Gasteiger partial charge in [0.05, 0.1) is 12.7 Å². The molecule has 2 aliphatic rings.